The van der Waals surface area contributed by atoms with Crippen molar-refractivity contribution in [1.82, 2.24) is 9.88 Å². The molecule has 2 rings (SSSR count). The van der Waals surface area contributed by atoms with E-state index in [9.17, 15) is 9.59 Å². The zero-order chi connectivity index (χ0) is 16.5. The maximum absolute atomic E-state index is 12.0. The highest BCUT2D eigenvalue weighted by atomic mass is 32.2. The minimum Gasteiger partial charge on any atom is -0.481 e. The van der Waals surface area contributed by atoms with E-state index in [4.69, 9.17) is 14.3 Å². The number of aryl methyl sites for hydroxylation is 1. The van der Waals surface area contributed by atoms with Gasteiger partial charge in [0.05, 0.1) is 16.9 Å². The molecule has 0 atom stereocenters. The Labute approximate surface area is 133 Å². The van der Waals surface area contributed by atoms with Crippen molar-refractivity contribution in [2.24, 2.45) is 0 Å². The molecule has 0 radical (unpaired) electrons. The van der Waals surface area contributed by atoms with Crippen molar-refractivity contribution in [1.29, 1.82) is 0 Å². The fourth-order valence-corrected chi connectivity index (χ4v) is 3.45. The maximum atomic E-state index is 12.0. The molecule has 0 bridgehead atoms. The van der Waals surface area contributed by atoms with Gasteiger partial charge < -0.3 is 19.2 Å². The van der Waals surface area contributed by atoms with E-state index >= 15 is 0 Å². The van der Waals surface area contributed by atoms with Crippen molar-refractivity contribution in [3.8, 4) is 0 Å². The molecule has 2 heterocycles. The van der Waals surface area contributed by atoms with E-state index in [0.717, 1.165) is 5.69 Å². The molecule has 122 valence electrons. The number of hydrogen-bond acceptors (Lipinski definition) is 6. The molecule has 0 unspecified atom stereocenters. The second-order valence-corrected chi connectivity index (χ2v) is 7.87. The summed E-state index contributed by atoms with van der Waals surface area (Å²) < 4.78 is 9.94. The first-order valence-corrected chi connectivity index (χ1v) is 7.71. The molecule has 7 nitrogen and oxygen atoms in total. The smallest absolute Gasteiger partial charge is 0.410 e. The summed E-state index contributed by atoms with van der Waals surface area (Å²) in [5.74, 6) is -0.917. The highest BCUT2D eigenvalue weighted by Crippen LogP contribution is 2.42. The van der Waals surface area contributed by atoms with Crippen molar-refractivity contribution >= 4 is 23.8 Å². The molecule has 0 aromatic carbocycles. The second-order valence-electron chi connectivity index (χ2n) is 6.45. The first-order valence-electron chi connectivity index (χ1n) is 6.89. The molecule has 0 spiro atoms. The standard InChI is InChI=1S/C14H20N2O5S/c1-9-6-20-11(15-9)22-14(5-10(17)18)7-16(8-14)12(19)21-13(2,3)4/h6H,5,7-8H2,1-4H3,(H,17,18). The Bertz CT molecular complexity index is 572. The number of aromatic nitrogens is 1. The van der Waals surface area contributed by atoms with E-state index in [1.807, 2.05) is 0 Å². The Hall–Kier alpha value is -1.70. The van der Waals surface area contributed by atoms with E-state index in [2.05, 4.69) is 4.98 Å². The molecule has 1 N–H and O–H groups in total. The van der Waals surface area contributed by atoms with Crippen LogP contribution in [0, 0.1) is 6.92 Å². The lowest BCUT2D eigenvalue weighted by molar-refractivity contribution is -0.138. The van der Waals surface area contributed by atoms with Crippen molar-refractivity contribution in [3.63, 3.8) is 0 Å². The van der Waals surface area contributed by atoms with Crippen LogP contribution in [0.25, 0.3) is 0 Å². The van der Waals surface area contributed by atoms with Crippen LogP contribution in [0.1, 0.15) is 32.9 Å². The molecule has 1 aliphatic heterocycles. The normalized spacial score (nSPS) is 17.0. The van der Waals surface area contributed by atoms with Crippen LogP contribution < -0.4 is 0 Å². The SMILES string of the molecule is Cc1coc(SC2(CC(=O)O)CN(C(=O)OC(C)(C)C)C2)n1. The fourth-order valence-electron chi connectivity index (χ4n) is 2.16. The molecule has 0 saturated carbocycles. The third kappa shape index (κ3) is 4.16. The fraction of sp³-hybridized carbons (Fsp3) is 0.643. The highest BCUT2D eigenvalue weighted by Gasteiger charge is 2.49. The number of carbonyl (C=O) groups excluding carboxylic acids is 1. The van der Waals surface area contributed by atoms with E-state index < -0.39 is 22.4 Å². The van der Waals surface area contributed by atoms with Crippen LogP contribution in [0.5, 0.6) is 0 Å². The Balaban J connectivity index is 2.02. The van der Waals surface area contributed by atoms with Gasteiger partial charge in [0.1, 0.15) is 11.9 Å². The van der Waals surface area contributed by atoms with Crippen molar-refractivity contribution < 1.29 is 23.8 Å². The molecule has 1 saturated heterocycles. The monoisotopic (exact) mass is 328 g/mol. The maximum Gasteiger partial charge on any atom is 0.410 e. The zero-order valence-corrected chi connectivity index (χ0v) is 13.9. The summed E-state index contributed by atoms with van der Waals surface area (Å²) in [6.45, 7) is 7.75. The number of hydrogen-bond donors (Lipinski definition) is 1. The summed E-state index contributed by atoms with van der Waals surface area (Å²) in [6.07, 6.45) is 1.01. The molecule has 8 heteroatoms. The predicted molar refractivity (Wildman–Crippen MR) is 79.9 cm³/mol. The minimum atomic E-state index is -0.917. The van der Waals surface area contributed by atoms with E-state index in [1.54, 1.807) is 27.7 Å². The number of carbonyl (C=O) groups is 2. The van der Waals surface area contributed by atoms with E-state index in [1.165, 1.54) is 22.9 Å². The number of amides is 1. The van der Waals surface area contributed by atoms with Crippen LogP contribution in [0.4, 0.5) is 4.79 Å². The number of oxazole rings is 1. The number of carboxylic acids is 1. The van der Waals surface area contributed by atoms with Gasteiger partial charge >= 0.3 is 12.1 Å². The van der Waals surface area contributed by atoms with Crippen molar-refractivity contribution in [3.05, 3.63) is 12.0 Å². The average molecular weight is 328 g/mol. The first kappa shape index (κ1) is 16.7. The van der Waals surface area contributed by atoms with Gasteiger partial charge in [-0.2, -0.15) is 0 Å². The molecule has 0 aliphatic carbocycles. The lowest BCUT2D eigenvalue weighted by Crippen LogP contribution is -2.62. The summed E-state index contributed by atoms with van der Waals surface area (Å²) in [7, 11) is 0. The van der Waals surface area contributed by atoms with Crippen LogP contribution in [-0.2, 0) is 9.53 Å². The summed E-state index contributed by atoms with van der Waals surface area (Å²) in [6, 6.07) is 0. The first-order chi connectivity index (χ1) is 10.1. The van der Waals surface area contributed by atoms with Gasteiger partial charge in [-0.1, -0.05) is 11.8 Å². The number of rotatable bonds is 4. The molecule has 1 aromatic rings. The van der Waals surface area contributed by atoms with Gasteiger partial charge in [0.2, 0.25) is 0 Å². The van der Waals surface area contributed by atoms with E-state index in [-0.39, 0.29) is 6.42 Å². The molecule has 22 heavy (non-hydrogen) atoms. The predicted octanol–water partition coefficient (Wildman–Crippen LogP) is 2.54. The summed E-state index contributed by atoms with van der Waals surface area (Å²) in [5.41, 5.74) is 0.158. The summed E-state index contributed by atoms with van der Waals surface area (Å²) in [5, 5.41) is 9.53. The Morgan fingerprint density at radius 1 is 1.50 bits per heavy atom. The Morgan fingerprint density at radius 3 is 2.59 bits per heavy atom. The number of aliphatic carboxylic acids is 1. The van der Waals surface area contributed by atoms with Crippen LogP contribution in [-0.4, -0.2) is 50.5 Å². The van der Waals surface area contributed by atoms with Gasteiger partial charge in [-0.25, -0.2) is 9.78 Å². The summed E-state index contributed by atoms with van der Waals surface area (Å²) in [4.78, 5) is 28.8. The van der Waals surface area contributed by atoms with Gasteiger partial charge in [0, 0.05) is 13.1 Å². The second kappa shape index (κ2) is 5.83. The third-order valence-electron chi connectivity index (χ3n) is 2.98. The molecular formula is C14H20N2O5S. The quantitative estimate of drug-likeness (QED) is 0.907. The zero-order valence-electron chi connectivity index (χ0n) is 13.1. The Kier molecular flexibility index (Phi) is 4.42. The number of thioether (sulfide) groups is 1. The van der Waals surface area contributed by atoms with Gasteiger partial charge in [-0.15, -0.1) is 0 Å². The largest absolute Gasteiger partial charge is 0.481 e. The molecule has 1 fully saturated rings. The van der Waals surface area contributed by atoms with Crippen LogP contribution in [0.2, 0.25) is 0 Å². The van der Waals surface area contributed by atoms with Crippen molar-refractivity contribution in [2.75, 3.05) is 13.1 Å². The van der Waals surface area contributed by atoms with Gasteiger partial charge in [0.25, 0.3) is 5.22 Å². The van der Waals surface area contributed by atoms with Gasteiger partial charge in [-0.05, 0) is 27.7 Å². The highest BCUT2D eigenvalue weighted by molar-refractivity contribution is 8.00. The van der Waals surface area contributed by atoms with E-state index in [0.29, 0.717) is 18.3 Å². The summed E-state index contributed by atoms with van der Waals surface area (Å²) >= 11 is 1.26. The molecule has 1 amide bonds. The number of likely N-dealkylation sites (tertiary alicyclic amines) is 1. The minimum absolute atomic E-state index is 0.0710. The van der Waals surface area contributed by atoms with Crippen molar-refractivity contribution in [2.45, 2.75) is 49.7 Å². The molecular weight excluding hydrogens is 308 g/mol. The number of ether oxygens (including phenoxy) is 1. The van der Waals surface area contributed by atoms with Crippen LogP contribution >= 0.6 is 11.8 Å². The molecule has 1 aromatic heterocycles. The third-order valence-corrected chi connectivity index (χ3v) is 4.18. The lowest BCUT2D eigenvalue weighted by atomic mass is 9.95. The number of nitrogens with zero attached hydrogens (tertiary/aromatic N) is 2. The molecule has 1 aliphatic rings. The van der Waals surface area contributed by atoms with Gasteiger partial charge in [0.15, 0.2) is 0 Å². The Morgan fingerprint density at radius 2 is 2.14 bits per heavy atom. The lowest BCUT2D eigenvalue weighted by Gasteiger charge is -2.47. The van der Waals surface area contributed by atoms with Gasteiger partial charge in [-0.3, -0.25) is 4.79 Å². The van der Waals surface area contributed by atoms with Crippen LogP contribution in [0.3, 0.4) is 0 Å². The van der Waals surface area contributed by atoms with Crippen LogP contribution in [0.15, 0.2) is 15.9 Å². The number of carboxylic acid groups (broad SMARTS) is 1. The average Bonchev–Trinajstić information content (AvgIpc) is 2.67. The topological polar surface area (TPSA) is 92.9 Å².